The Balaban J connectivity index is 1.69. The average Bonchev–Trinajstić information content (AvgIpc) is 2.54. The van der Waals surface area contributed by atoms with Gasteiger partial charge >= 0.3 is 0 Å². The van der Waals surface area contributed by atoms with Crippen LogP contribution in [0.2, 0.25) is 5.02 Å². The molecular formula is C18H21ClN2O. The normalized spacial score (nSPS) is 11.9. The zero-order valence-electron chi connectivity index (χ0n) is 12.8. The highest BCUT2D eigenvalue weighted by Gasteiger charge is 2.12. The van der Waals surface area contributed by atoms with Gasteiger partial charge in [-0.3, -0.25) is 9.78 Å². The van der Waals surface area contributed by atoms with E-state index in [2.05, 4.69) is 16.4 Å². The van der Waals surface area contributed by atoms with Crippen molar-refractivity contribution in [2.75, 3.05) is 6.54 Å². The fourth-order valence-electron chi connectivity index (χ4n) is 2.29. The van der Waals surface area contributed by atoms with E-state index in [4.69, 9.17) is 11.6 Å². The van der Waals surface area contributed by atoms with Gasteiger partial charge in [-0.05, 0) is 48.6 Å². The molecule has 0 bridgehead atoms. The van der Waals surface area contributed by atoms with Gasteiger partial charge in [-0.25, -0.2) is 0 Å². The van der Waals surface area contributed by atoms with Crippen molar-refractivity contribution >= 4 is 17.5 Å². The van der Waals surface area contributed by atoms with Crippen molar-refractivity contribution in [1.82, 2.24) is 10.3 Å². The average molecular weight is 317 g/mol. The lowest BCUT2D eigenvalue weighted by molar-refractivity contribution is -0.124. The lowest BCUT2D eigenvalue weighted by Gasteiger charge is -2.12. The van der Waals surface area contributed by atoms with E-state index in [9.17, 15) is 4.79 Å². The van der Waals surface area contributed by atoms with Gasteiger partial charge in [0.15, 0.2) is 0 Å². The predicted molar refractivity (Wildman–Crippen MR) is 89.9 cm³/mol. The maximum Gasteiger partial charge on any atom is 0.223 e. The van der Waals surface area contributed by atoms with E-state index in [0.717, 1.165) is 29.8 Å². The number of aryl methyl sites for hydroxylation is 1. The van der Waals surface area contributed by atoms with Gasteiger partial charge in [0.25, 0.3) is 0 Å². The first-order chi connectivity index (χ1) is 10.6. The number of aromatic nitrogens is 1. The van der Waals surface area contributed by atoms with E-state index in [-0.39, 0.29) is 11.8 Å². The third kappa shape index (κ3) is 5.49. The van der Waals surface area contributed by atoms with Crippen LogP contribution in [0.5, 0.6) is 0 Å². The quantitative estimate of drug-likeness (QED) is 0.792. The maximum atomic E-state index is 12.1. The minimum atomic E-state index is -0.0421. The molecule has 0 saturated carbocycles. The van der Waals surface area contributed by atoms with Crippen molar-refractivity contribution in [3.8, 4) is 0 Å². The van der Waals surface area contributed by atoms with Crippen LogP contribution in [0.3, 0.4) is 0 Å². The number of nitrogens with one attached hydrogen (secondary N) is 1. The molecule has 1 N–H and O–H groups in total. The van der Waals surface area contributed by atoms with Gasteiger partial charge in [-0.1, -0.05) is 36.7 Å². The van der Waals surface area contributed by atoms with Crippen LogP contribution in [0.4, 0.5) is 0 Å². The third-order valence-electron chi connectivity index (χ3n) is 3.57. The van der Waals surface area contributed by atoms with E-state index < -0.39 is 0 Å². The first-order valence-corrected chi connectivity index (χ1v) is 7.94. The first kappa shape index (κ1) is 16.5. The maximum absolute atomic E-state index is 12.1. The monoisotopic (exact) mass is 316 g/mol. The Labute approximate surface area is 136 Å². The van der Waals surface area contributed by atoms with E-state index in [1.165, 1.54) is 5.56 Å². The number of hydrogen-bond donors (Lipinski definition) is 1. The minimum Gasteiger partial charge on any atom is -0.356 e. The molecule has 1 aromatic heterocycles. The molecule has 3 nitrogen and oxygen atoms in total. The zero-order valence-corrected chi connectivity index (χ0v) is 13.5. The summed E-state index contributed by atoms with van der Waals surface area (Å²) in [7, 11) is 0. The van der Waals surface area contributed by atoms with Crippen LogP contribution in [-0.2, 0) is 17.6 Å². The molecule has 1 heterocycles. The summed E-state index contributed by atoms with van der Waals surface area (Å²) in [6, 6.07) is 11.6. The van der Waals surface area contributed by atoms with Crippen LogP contribution in [0.25, 0.3) is 0 Å². The molecule has 0 radical (unpaired) electrons. The minimum absolute atomic E-state index is 0.0421. The van der Waals surface area contributed by atoms with Crippen molar-refractivity contribution in [3.05, 3.63) is 64.9 Å². The number of nitrogens with zero attached hydrogens (tertiary/aromatic N) is 1. The Hall–Kier alpha value is -1.87. The molecule has 0 fully saturated rings. The second-order valence-corrected chi connectivity index (χ2v) is 5.92. The summed E-state index contributed by atoms with van der Waals surface area (Å²) in [6.45, 7) is 2.64. The molecule has 116 valence electrons. The predicted octanol–water partition coefficient (Wildman–Crippen LogP) is 3.66. The first-order valence-electron chi connectivity index (χ1n) is 7.56. The highest BCUT2D eigenvalue weighted by atomic mass is 35.5. The molecule has 22 heavy (non-hydrogen) atoms. The lowest BCUT2D eigenvalue weighted by Crippen LogP contribution is -2.31. The lowest BCUT2D eigenvalue weighted by atomic mass is 10.0. The topological polar surface area (TPSA) is 42.0 Å². The number of halogens is 1. The van der Waals surface area contributed by atoms with Gasteiger partial charge in [0.2, 0.25) is 5.91 Å². The summed E-state index contributed by atoms with van der Waals surface area (Å²) >= 11 is 5.86. The Morgan fingerprint density at radius 3 is 2.68 bits per heavy atom. The largest absolute Gasteiger partial charge is 0.356 e. The molecule has 0 aliphatic heterocycles. The summed E-state index contributed by atoms with van der Waals surface area (Å²) < 4.78 is 0. The van der Waals surface area contributed by atoms with Crippen molar-refractivity contribution in [1.29, 1.82) is 0 Å². The van der Waals surface area contributed by atoms with E-state index in [1.54, 1.807) is 6.20 Å². The zero-order chi connectivity index (χ0) is 15.8. The summed E-state index contributed by atoms with van der Waals surface area (Å²) in [5.41, 5.74) is 2.33. The van der Waals surface area contributed by atoms with Crippen LogP contribution in [0.1, 0.15) is 24.5 Å². The second kappa shape index (κ2) is 8.54. The van der Waals surface area contributed by atoms with E-state index in [0.29, 0.717) is 6.54 Å². The molecule has 1 aromatic carbocycles. The number of rotatable bonds is 7. The fraction of sp³-hybridized carbons (Fsp3) is 0.333. The van der Waals surface area contributed by atoms with Crippen LogP contribution < -0.4 is 5.32 Å². The molecule has 2 rings (SSSR count). The Morgan fingerprint density at radius 1 is 1.23 bits per heavy atom. The van der Waals surface area contributed by atoms with Crippen LogP contribution in [0, 0.1) is 5.92 Å². The Bertz CT molecular complexity index is 584. The molecule has 4 heteroatoms. The van der Waals surface area contributed by atoms with Gasteiger partial charge in [0.05, 0.1) is 0 Å². The Kier molecular flexibility index (Phi) is 6.41. The summed E-state index contributed by atoms with van der Waals surface area (Å²) in [5, 5.41) is 3.72. The number of carbonyl (C=O) groups is 1. The molecule has 0 aliphatic rings. The molecular weight excluding hydrogens is 296 g/mol. The van der Waals surface area contributed by atoms with Crippen LogP contribution in [0.15, 0.2) is 48.8 Å². The fourth-order valence-corrected chi connectivity index (χ4v) is 2.42. The molecule has 0 saturated heterocycles. The highest BCUT2D eigenvalue weighted by Crippen LogP contribution is 2.13. The second-order valence-electron chi connectivity index (χ2n) is 5.49. The number of pyridine rings is 1. The van der Waals surface area contributed by atoms with Gasteiger partial charge in [0.1, 0.15) is 0 Å². The van der Waals surface area contributed by atoms with E-state index >= 15 is 0 Å². The van der Waals surface area contributed by atoms with Gasteiger partial charge in [0, 0.05) is 29.9 Å². The van der Waals surface area contributed by atoms with Crippen molar-refractivity contribution < 1.29 is 4.79 Å². The number of benzene rings is 1. The molecule has 2 aromatic rings. The summed E-state index contributed by atoms with van der Waals surface area (Å²) in [6.07, 6.45) is 6.21. The standard InChI is InChI=1S/C18H21ClN2O/c1-14(12-15-6-8-17(19)9-7-15)18(22)21-11-3-5-16-4-2-10-20-13-16/h2,4,6-10,13-14H,3,5,11-12H2,1H3,(H,21,22). The Morgan fingerprint density at radius 2 is 2.00 bits per heavy atom. The molecule has 1 unspecified atom stereocenters. The van der Waals surface area contributed by atoms with Gasteiger partial charge in [-0.15, -0.1) is 0 Å². The van der Waals surface area contributed by atoms with Crippen LogP contribution in [-0.4, -0.2) is 17.4 Å². The van der Waals surface area contributed by atoms with Gasteiger partial charge in [-0.2, -0.15) is 0 Å². The van der Waals surface area contributed by atoms with Crippen molar-refractivity contribution in [3.63, 3.8) is 0 Å². The van der Waals surface area contributed by atoms with E-state index in [1.807, 2.05) is 43.5 Å². The number of hydrogen-bond acceptors (Lipinski definition) is 2. The summed E-state index contributed by atoms with van der Waals surface area (Å²) in [5.74, 6) is 0.0562. The SMILES string of the molecule is CC(Cc1ccc(Cl)cc1)C(=O)NCCCc1cccnc1. The van der Waals surface area contributed by atoms with Crippen LogP contribution >= 0.6 is 11.6 Å². The van der Waals surface area contributed by atoms with Gasteiger partial charge < -0.3 is 5.32 Å². The number of amides is 1. The molecule has 0 aliphatic carbocycles. The molecule has 1 atom stereocenters. The smallest absolute Gasteiger partial charge is 0.223 e. The third-order valence-corrected chi connectivity index (χ3v) is 3.82. The number of carbonyl (C=O) groups excluding carboxylic acids is 1. The van der Waals surface area contributed by atoms with Crippen molar-refractivity contribution in [2.24, 2.45) is 5.92 Å². The van der Waals surface area contributed by atoms with Crippen molar-refractivity contribution in [2.45, 2.75) is 26.2 Å². The summed E-state index contributed by atoms with van der Waals surface area (Å²) in [4.78, 5) is 16.2. The molecule has 0 spiro atoms. The highest BCUT2D eigenvalue weighted by molar-refractivity contribution is 6.30. The molecule has 1 amide bonds.